The molecule has 0 aliphatic heterocycles. The van der Waals surface area contributed by atoms with Gasteiger partial charge in [-0.3, -0.25) is 4.98 Å². The number of benzene rings is 1. The standard InChI is InChI=1S/C16H19Br2N3/c1-3-21(4-2)14-7-5-13(6-8-14)19-11-16-15(18)9-12(17)10-20-16/h5-10,19H,3-4,11H2,1-2H3. The Morgan fingerprint density at radius 3 is 2.33 bits per heavy atom. The van der Waals surface area contributed by atoms with Crippen LogP contribution in [-0.2, 0) is 6.54 Å². The van der Waals surface area contributed by atoms with Crippen LogP contribution in [0.2, 0.25) is 0 Å². The highest BCUT2D eigenvalue weighted by Crippen LogP contribution is 2.22. The Morgan fingerprint density at radius 2 is 1.76 bits per heavy atom. The number of nitrogens with one attached hydrogen (secondary N) is 1. The lowest BCUT2D eigenvalue weighted by molar-refractivity contribution is 0.866. The number of anilines is 2. The van der Waals surface area contributed by atoms with Crippen molar-refractivity contribution in [1.29, 1.82) is 0 Å². The lowest BCUT2D eigenvalue weighted by Crippen LogP contribution is -2.21. The summed E-state index contributed by atoms with van der Waals surface area (Å²) in [4.78, 5) is 6.73. The van der Waals surface area contributed by atoms with Crippen LogP contribution in [-0.4, -0.2) is 18.1 Å². The lowest BCUT2D eigenvalue weighted by atomic mass is 10.2. The third-order valence-electron chi connectivity index (χ3n) is 3.34. The van der Waals surface area contributed by atoms with Gasteiger partial charge in [0.2, 0.25) is 0 Å². The molecule has 1 aromatic heterocycles. The fourth-order valence-corrected chi connectivity index (χ4v) is 3.27. The van der Waals surface area contributed by atoms with Crippen molar-refractivity contribution in [3.8, 4) is 0 Å². The van der Waals surface area contributed by atoms with Crippen molar-refractivity contribution in [2.24, 2.45) is 0 Å². The molecule has 0 unspecified atom stereocenters. The van der Waals surface area contributed by atoms with E-state index >= 15 is 0 Å². The SMILES string of the molecule is CCN(CC)c1ccc(NCc2ncc(Br)cc2Br)cc1. The molecule has 0 aliphatic carbocycles. The van der Waals surface area contributed by atoms with Crippen LogP contribution in [0.15, 0.2) is 45.5 Å². The van der Waals surface area contributed by atoms with E-state index in [0.717, 1.165) is 33.4 Å². The molecule has 0 aliphatic rings. The van der Waals surface area contributed by atoms with E-state index in [0.29, 0.717) is 6.54 Å². The first kappa shape index (κ1) is 16.3. The average Bonchev–Trinajstić information content (AvgIpc) is 2.49. The number of rotatable bonds is 6. The fourth-order valence-electron chi connectivity index (χ4n) is 2.14. The Hall–Kier alpha value is -1.07. The molecule has 2 rings (SSSR count). The summed E-state index contributed by atoms with van der Waals surface area (Å²) < 4.78 is 1.98. The van der Waals surface area contributed by atoms with Gasteiger partial charge in [-0.05, 0) is 76.0 Å². The third kappa shape index (κ3) is 4.45. The summed E-state index contributed by atoms with van der Waals surface area (Å²) in [5, 5.41) is 3.40. The molecule has 0 radical (unpaired) electrons. The lowest BCUT2D eigenvalue weighted by Gasteiger charge is -2.21. The van der Waals surface area contributed by atoms with E-state index in [1.807, 2.05) is 12.3 Å². The Bertz CT molecular complexity index is 581. The largest absolute Gasteiger partial charge is 0.379 e. The molecule has 1 heterocycles. The fraction of sp³-hybridized carbons (Fsp3) is 0.312. The van der Waals surface area contributed by atoms with E-state index in [2.05, 4.69) is 85.2 Å². The van der Waals surface area contributed by atoms with Gasteiger partial charge in [-0.2, -0.15) is 0 Å². The zero-order valence-electron chi connectivity index (χ0n) is 12.2. The van der Waals surface area contributed by atoms with Crippen LogP contribution in [0, 0.1) is 0 Å². The van der Waals surface area contributed by atoms with Gasteiger partial charge in [0, 0.05) is 39.6 Å². The molecule has 0 bridgehead atoms. The first-order valence-electron chi connectivity index (χ1n) is 7.02. The second-order valence-corrected chi connectivity index (χ2v) is 6.42. The van der Waals surface area contributed by atoms with Crippen molar-refractivity contribution >= 4 is 43.2 Å². The van der Waals surface area contributed by atoms with E-state index in [1.54, 1.807) is 0 Å². The minimum Gasteiger partial charge on any atom is -0.379 e. The van der Waals surface area contributed by atoms with Gasteiger partial charge in [0.05, 0.1) is 12.2 Å². The predicted octanol–water partition coefficient (Wildman–Crippen LogP) is 5.06. The molecule has 2 aromatic rings. The monoisotopic (exact) mass is 411 g/mol. The zero-order chi connectivity index (χ0) is 15.2. The van der Waals surface area contributed by atoms with Gasteiger partial charge >= 0.3 is 0 Å². The smallest absolute Gasteiger partial charge is 0.0737 e. The Morgan fingerprint density at radius 1 is 1.10 bits per heavy atom. The number of nitrogens with zero attached hydrogens (tertiary/aromatic N) is 2. The predicted molar refractivity (Wildman–Crippen MR) is 97.0 cm³/mol. The number of hydrogen-bond donors (Lipinski definition) is 1. The molecule has 5 heteroatoms. The van der Waals surface area contributed by atoms with Crippen molar-refractivity contribution in [3.05, 3.63) is 51.2 Å². The van der Waals surface area contributed by atoms with Crippen molar-refractivity contribution in [2.45, 2.75) is 20.4 Å². The molecule has 0 fully saturated rings. The highest BCUT2D eigenvalue weighted by Gasteiger charge is 2.04. The van der Waals surface area contributed by atoms with Crippen LogP contribution in [0.5, 0.6) is 0 Å². The molecule has 0 saturated heterocycles. The van der Waals surface area contributed by atoms with E-state index in [9.17, 15) is 0 Å². The van der Waals surface area contributed by atoms with E-state index in [1.165, 1.54) is 5.69 Å². The van der Waals surface area contributed by atoms with Crippen molar-refractivity contribution in [3.63, 3.8) is 0 Å². The van der Waals surface area contributed by atoms with Crippen LogP contribution < -0.4 is 10.2 Å². The molecule has 1 N–H and O–H groups in total. The summed E-state index contributed by atoms with van der Waals surface area (Å²) in [5.74, 6) is 0. The number of aromatic nitrogens is 1. The van der Waals surface area contributed by atoms with E-state index < -0.39 is 0 Å². The molecular formula is C16H19Br2N3. The van der Waals surface area contributed by atoms with Gasteiger partial charge in [-0.1, -0.05) is 0 Å². The first-order chi connectivity index (χ1) is 10.1. The topological polar surface area (TPSA) is 28.2 Å². The highest BCUT2D eigenvalue weighted by atomic mass is 79.9. The maximum Gasteiger partial charge on any atom is 0.0737 e. The molecular weight excluding hydrogens is 394 g/mol. The van der Waals surface area contributed by atoms with Crippen LogP contribution in [0.3, 0.4) is 0 Å². The summed E-state index contributed by atoms with van der Waals surface area (Å²) in [6.07, 6.45) is 1.81. The Balaban J connectivity index is 2.00. The average molecular weight is 413 g/mol. The van der Waals surface area contributed by atoms with Crippen LogP contribution >= 0.6 is 31.9 Å². The Labute approximate surface area is 143 Å². The maximum absolute atomic E-state index is 4.40. The maximum atomic E-state index is 4.40. The van der Waals surface area contributed by atoms with Crippen molar-refractivity contribution in [1.82, 2.24) is 4.98 Å². The first-order valence-corrected chi connectivity index (χ1v) is 8.61. The van der Waals surface area contributed by atoms with Crippen LogP contribution in [0.4, 0.5) is 11.4 Å². The van der Waals surface area contributed by atoms with Crippen LogP contribution in [0.1, 0.15) is 19.5 Å². The van der Waals surface area contributed by atoms with Crippen molar-refractivity contribution in [2.75, 3.05) is 23.3 Å². The van der Waals surface area contributed by atoms with Gasteiger partial charge in [-0.15, -0.1) is 0 Å². The minimum atomic E-state index is 0.693. The molecule has 0 spiro atoms. The summed E-state index contributed by atoms with van der Waals surface area (Å²) in [6.45, 7) is 7.09. The van der Waals surface area contributed by atoms with Gasteiger partial charge in [0.25, 0.3) is 0 Å². The van der Waals surface area contributed by atoms with E-state index in [-0.39, 0.29) is 0 Å². The minimum absolute atomic E-state index is 0.693. The molecule has 0 atom stereocenters. The molecule has 112 valence electrons. The number of pyridine rings is 1. The quantitative estimate of drug-likeness (QED) is 0.718. The van der Waals surface area contributed by atoms with Gasteiger partial charge in [0.1, 0.15) is 0 Å². The van der Waals surface area contributed by atoms with Gasteiger partial charge < -0.3 is 10.2 Å². The third-order valence-corrected chi connectivity index (χ3v) is 4.46. The summed E-state index contributed by atoms with van der Waals surface area (Å²) in [5.41, 5.74) is 3.35. The summed E-state index contributed by atoms with van der Waals surface area (Å²) >= 11 is 6.94. The summed E-state index contributed by atoms with van der Waals surface area (Å²) in [6, 6.07) is 10.5. The molecule has 3 nitrogen and oxygen atoms in total. The highest BCUT2D eigenvalue weighted by molar-refractivity contribution is 9.11. The van der Waals surface area contributed by atoms with Crippen molar-refractivity contribution < 1.29 is 0 Å². The normalized spacial score (nSPS) is 10.5. The molecule has 0 saturated carbocycles. The zero-order valence-corrected chi connectivity index (χ0v) is 15.4. The van der Waals surface area contributed by atoms with E-state index in [4.69, 9.17) is 0 Å². The van der Waals surface area contributed by atoms with Gasteiger partial charge in [-0.25, -0.2) is 0 Å². The van der Waals surface area contributed by atoms with Gasteiger partial charge in [0.15, 0.2) is 0 Å². The number of hydrogen-bond acceptors (Lipinski definition) is 3. The number of halogens is 2. The molecule has 21 heavy (non-hydrogen) atoms. The van der Waals surface area contributed by atoms with Crippen LogP contribution in [0.25, 0.3) is 0 Å². The Kier molecular flexibility index (Phi) is 6.06. The second-order valence-electron chi connectivity index (χ2n) is 4.65. The summed E-state index contributed by atoms with van der Waals surface area (Å²) in [7, 11) is 0. The second kappa shape index (κ2) is 7.80. The molecule has 0 amide bonds. The molecule has 1 aromatic carbocycles.